The zero-order valence-electron chi connectivity index (χ0n) is 8.46. The van der Waals surface area contributed by atoms with Crippen LogP contribution in [0.3, 0.4) is 0 Å². The molecule has 1 unspecified atom stereocenters. The predicted octanol–water partition coefficient (Wildman–Crippen LogP) is 4.20. The molecule has 0 saturated carbocycles. The third kappa shape index (κ3) is 1.87. The van der Waals surface area contributed by atoms with Gasteiger partial charge in [-0.2, -0.15) is 0 Å². The smallest absolute Gasteiger partial charge is 0.0989 e. The van der Waals surface area contributed by atoms with Crippen LogP contribution in [-0.4, -0.2) is 0 Å². The number of rotatable bonds is 1. The van der Waals surface area contributed by atoms with Crippen molar-refractivity contribution in [1.82, 2.24) is 0 Å². The number of hydrogen-bond acceptors (Lipinski definition) is 0. The van der Waals surface area contributed by atoms with E-state index in [9.17, 15) is 4.39 Å². The number of allylic oxidation sites excluding steroid dienone is 2. The first-order valence-corrected chi connectivity index (χ1v) is 5.16. The van der Waals surface area contributed by atoms with E-state index in [2.05, 4.69) is 24.3 Å². The van der Waals surface area contributed by atoms with E-state index in [1.54, 1.807) is 0 Å². The molecule has 0 radical (unpaired) electrons. The molecule has 2 rings (SSSR count). The van der Waals surface area contributed by atoms with Crippen molar-refractivity contribution in [3.63, 3.8) is 0 Å². The molecule has 0 heterocycles. The summed E-state index contributed by atoms with van der Waals surface area (Å²) in [5.41, 5.74) is 2.28. The molecule has 0 aliphatic heterocycles. The van der Waals surface area contributed by atoms with Crippen LogP contribution in [0, 0.1) is 0 Å². The second-order valence-electron chi connectivity index (χ2n) is 4.04. The van der Waals surface area contributed by atoms with Crippen LogP contribution in [0.15, 0.2) is 41.7 Å². The van der Waals surface area contributed by atoms with Gasteiger partial charge >= 0.3 is 0 Å². The fraction of sp³-hybridized carbons (Fsp3) is 0.385. The van der Waals surface area contributed by atoms with Crippen molar-refractivity contribution in [1.29, 1.82) is 0 Å². The highest BCUT2D eigenvalue weighted by Gasteiger charge is 2.19. The predicted molar refractivity (Wildman–Crippen MR) is 56.8 cm³/mol. The zero-order valence-corrected chi connectivity index (χ0v) is 8.46. The lowest BCUT2D eigenvalue weighted by Crippen LogP contribution is -2.06. The molecule has 14 heavy (non-hydrogen) atoms. The molecular weight excluding hydrogens is 175 g/mol. The molecule has 0 nitrogen and oxygen atoms in total. The summed E-state index contributed by atoms with van der Waals surface area (Å²) in [7, 11) is 0. The van der Waals surface area contributed by atoms with E-state index < -0.39 is 0 Å². The average molecular weight is 190 g/mol. The number of halogens is 1. The van der Waals surface area contributed by atoms with Gasteiger partial charge in [0.15, 0.2) is 0 Å². The normalized spacial score (nSPS) is 22.6. The van der Waals surface area contributed by atoms with Gasteiger partial charge in [-0.25, -0.2) is 4.39 Å². The largest absolute Gasteiger partial charge is 0.212 e. The Labute approximate surface area is 84.5 Å². The minimum Gasteiger partial charge on any atom is -0.212 e. The quantitative estimate of drug-likeness (QED) is 0.622. The molecule has 0 saturated heterocycles. The summed E-state index contributed by atoms with van der Waals surface area (Å²) in [6.45, 7) is 1.91. The molecule has 0 fully saturated rings. The van der Waals surface area contributed by atoms with Gasteiger partial charge in [0.05, 0.1) is 5.83 Å². The summed E-state index contributed by atoms with van der Waals surface area (Å²) in [6.07, 6.45) is 2.45. The fourth-order valence-corrected chi connectivity index (χ4v) is 2.11. The molecule has 1 aliphatic rings. The van der Waals surface area contributed by atoms with Crippen molar-refractivity contribution in [2.45, 2.75) is 32.1 Å². The summed E-state index contributed by atoms with van der Waals surface area (Å²) in [6, 6.07) is 10.4. The van der Waals surface area contributed by atoms with E-state index in [4.69, 9.17) is 0 Å². The van der Waals surface area contributed by atoms with Gasteiger partial charge in [0, 0.05) is 0 Å². The van der Waals surface area contributed by atoms with Crippen molar-refractivity contribution in [2.24, 2.45) is 0 Å². The van der Waals surface area contributed by atoms with Gasteiger partial charge in [-0.3, -0.25) is 0 Å². The van der Waals surface area contributed by atoms with Crippen LogP contribution in [0.4, 0.5) is 4.39 Å². The Morgan fingerprint density at radius 2 is 1.93 bits per heavy atom. The maximum absolute atomic E-state index is 13.1. The molecule has 74 valence electrons. The molecule has 1 heteroatoms. The van der Waals surface area contributed by atoms with Gasteiger partial charge in [-0.1, -0.05) is 30.3 Å². The van der Waals surface area contributed by atoms with Gasteiger partial charge < -0.3 is 0 Å². The third-order valence-electron chi connectivity index (χ3n) is 3.00. The van der Waals surface area contributed by atoms with Crippen LogP contribution in [-0.2, 0) is 0 Å². The third-order valence-corrected chi connectivity index (χ3v) is 3.00. The van der Waals surface area contributed by atoms with E-state index in [1.165, 1.54) is 5.56 Å². The highest BCUT2D eigenvalue weighted by Crippen LogP contribution is 2.36. The highest BCUT2D eigenvalue weighted by atomic mass is 19.1. The molecule has 1 aromatic rings. The van der Waals surface area contributed by atoms with Crippen LogP contribution < -0.4 is 0 Å². The van der Waals surface area contributed by atoms with Gasteiger partial charge in [-0.05, 0) is 43.2 Å². The first-order chi connectivity index (χ1) is 6.77. The van der Waals surface area contributed by atoms with Crippen LogP contribution in [0.25, 0.3) is 0 Å². The van der Waals surface area contributed by atoms with Gasteiger partial charge in [0.1, 0.15) is 0 Å². The lowest BCUT2D eigenvalue weighted by atomic mass is 9.84. The second kappa shape index (κ2) is 3.95. The molecule has 0 amide bonds. The molecular formula is C13H15F. The minimum atomic E-state index is 0.109. The number of hydrogen-bond donors (Lipinski definition) is 0. The first-order valence-electron chi connectivity index (χ1n) is 5.16. The standard InChI is InChI=1S/C13H15F/c1-10-9-12(7-8-13(10)14)11-5-3-2-4-6-11/h2-6,12H,7-9H2,1H3. The van der Waals surface area contributed by atoms with E-state index in [0.29, 0.717) is 12.3 Å². The van der Waals surface area contributed by atoms with Gasteiger partial charge in [0.2, 0.25) is 0 Å². The van der Waals surface area contributed by atoms with Crippen molar-refractivity contribution in [3.05, 3.63) is 47.3 Å². The lowest BCUT2D eigenvalue weighted by molar-refractivity contribution is 0.479. The Kier molecular flexibility index (Phi) is 2.67. The van der Waals surface area contributed by atoms with Gasteiger partial charge in [-0.15, -0.1) is 0 Å². The van der Waals surface area contributed by atoms with E-state index in [0.717, 1.165) is 18.4 Å². The fourth-order valence-electron chi connectivity index (χ4n) is 2.11. The molecule has 1 aliphatic carbocycles. The molecule has 0 bridgehead atoms. The van der Waals surface area contributed by atoms with E-state index in [-0.39, 0.29) is 5.83 Å². The maximum atomic E-state index is 13.1. The Morgan fingerprint density at radius 3 is 2.57 bits per heavy atom. The molecule has 0 N–H and O–H groups in total. The summed E-state index contributed by atoms with van der Waals surface area (Å²) < 4.78 is 13.1. The Balaban J connectivity index is 2.17. The molecule has 0 aromatic heterocycles. The van der Waals surface area contributed by atoms with Crippen molar-refractivity contribution < 1.29 is 4.39 Å². The monoisotopic (exact) mass is 190 g/mol. The van der Waals surface area contributed by atoms with Crippen molar-refractivity contribution in [3.8, 4) is 0 Å². The SMILES string of the molecule is CC1=C(F)CCC(c2ccccc2)C1. The molecule has 1 atom stereocenters. The Hall–Kier alpha value is -1.11. The van der Waals surface area contributed by atoms with Crippen LogP contribution in [0.5, 0.6) is 0 Å². The lowest BCUT2D eigenvalue weighted by Gasteiger charge is -2.22. The van der Waals surface area contributed by atoms with Crippen LogP contribution >= 0.6 is 0 Å². The first kappa shape index (κ1) is 9.45. The summed E-state index contributed by atoms with van der Waals surface area (Å²) >= 11 is 0. The van der Waals surface area contributed by atoms with Crippen LogP contribution in [0.1, 0.15) is 37.7 Å². The Morgan fingerprint density at radius 1 is 1.21 bits per heavy atom. The summed E-state index contributed by atoms with van der Waals surface area (Å²) in [5.74, 6) is 0.632. The maximum Gasteiger partial charge on any atom is 0.0989 e. The van der Waals surface area contributed by atoms with E-state index >= 15 is 0 Å². The number of benzene rings is 1. The molecule has 0 spiro atoms. The summed E-state index contributed by atoms with van der Waals surface area (Å²) in [4.78, 5) is 0. The minimum absolute atomic E-state index is 0.109. The molecule has 1 aromatic carbocycles. The van der Waals surface area contributed by atoms with E-state index in [1.807, 2.05) is 13.0 Å². The average Bonchev–Trinajstić information content (AvgIpc) is 2.23. The van der Waals surface area contributed by atoms with Crippen molar-refractivity contribution in [2.75, 3.05) is 0 Å². The van der Waals surface area contributed by atoms with Crippen molar-refractivity contribution >= 4 is 0 Å². The Bertz CT molecular complexity index is 338. The summed E-state index contributed by atoms with van der Waals surface area (Å²) in [5, 5.41) is 0. The second-order valence-corrected chi connectivity index (χ2v) is 4.04. The zero-order chi connectivity index (χ0) is 9.97. The van der Waals surface area contributed by atoms with Gasteiger partial charge in [0.25, 0.3) is 0 Å². The topological polar surface area (TPSA) is 0 Å². The van der Waals surface area contributed by atoms with Crippen LogP contribution in [0.2, 0.25) is 0 Å². The highest BCUT2D eigenvalue weighted by molar-refractivity contribution is 5.24.